The van der Waals surface area contributed by atoms with E-state index in [0.717, 1.165) is 33.3 Å². The Morgan fingerprint density at radius 2 is 1.70 bits per heavy atom. The molecule has 0 atom stereocenters. The fourth-order valence-electron chi connectivity index (χ4n) is 3.82. The molecule has 0 aliphatic carbocycles. The number of nitrogens with one attached hydrogen (secondary N) is 2. The molecule has 4 aromatic rings. The summed E-state index contributed by atoms with van der Waals surface area (Å²) in [5.74, 6) is -0.820. The molecule has 166 valence electrons. The maximum absolute atomic E-state index is 13.1. The standard InChI is InChI=1S/C27H24FN3O2/c1-17-23-8-3-4-9-25(23)30-18(2)24(17)15-26(32)29-16-19-6-5-7-22(14-19)31-27(33)20-10-12-21(28)13-11-20/h3-14H,15-16H2,1-2H3,(H,29,32)(H,31,33). The molecule has 0 aliphatic heterocycles. The van der Waals surface area contributed by atoms with Gasteiger partial charge in [0.15, 0.2) is 0 Å². The summed E-state index contributed by atoms with van der Waals surface area (Å²) in [5.41, 5.74) is 5.60. The first-order chi connectivity index (χ1) is 15.9. The molecule has 0 unspecified atom stereocenters. The zero-order valence-corrected chi connectivity index (χ0v) is 18.5. The predicted molar refractivity (Wildman–Crippen MR) is 128 cm³/mol. The number of carbonyl (C=O) groups is 2. The molecular formula is C27H24FN3O2. The summed E-state index contributed by atoms with van der Waals surface area (Å²) in [4.78, 5) is 29.7. The summed E-state index contributed by atoms with van der Waals surface area (Å²) in [6, 6.07) is 20.5. The lowest BCUT2D eigenvalue weighted by Crippen LogP contribution is -2.25. The first kappa shape index (κ1) is 22.1. The van der Waals surface area contributed by atoms with Crippen molar-refractivity contribution < 1.29 is 14.0 Å². The van der Waals surface area contributed by atoms with Crippen molar-refractivity contribution in [2.75, 3.05) is 5.32 Å². The van der Waals surface area contributed by atoms with Gasteiger partial charge in [-0.25, -0.2) is 4.39 Å². The van der Waals surface area contributed by atoms with Crippen molar-refractivity contribution in [3.05, 3.63) is 107 Å². The zero-order chi connectivity index (χ0) is 23.4. The summed E-state index contributed by atoms with van der Waals surface area (Å²) in [5, 5.41) is 6.79. The van der Waals surface area contributed by atoms with Crippen LogP contribution in [0, 0.1) is 19.7 Å². The first-order valence-electron chi connectivity index (χ1n) is 10.7. The van der Waals surface area contributed by atoms with Crippen LogP contribution in [0.1, 0.15) is 32.7 Å². The molecule has 0 spiro atoms. The van der Waals surface area contributed by atoms with Gasteiger partial charge in [-0.3, -0.25) is 14.6 Å². The van der Waals surface area contributed by atoms with Crippen molar-refractivity contribution in [2.24, 2.45) is 0 Å². The van der Waals surface area contributed by atoms with E-state index in [2.05, 4.69) is 15.6 Å². The number of benzene rings is 3. The molecule has 5 nitrogen and oxygen atoms in total. The average molecular weight is 442 g/mol. The number of nitrogens with zero attached hydrogens (tertiary/aromatic N) is 1. The number of amides is 2. The van der Waals surface area contributed by atoms with Crippen molar-refractivity contribution in [1.82, 2.24) is 10.3 Å². The lowest BCUT2D eigenvalue weighted by atomic mass is 9.99. The van der Waals surface area contributed by atoms with Crippen LogP contribution in [0.15, 0.2) is 72.8 Å². The minimum atomic E-state index is -0.394. The normalized spacial score (nSPS) is 10.8. The lowest BCUT2D eigenvalue weighted by Gasteiger charge is -2.13. The fraction of sp³-hybridized carbons (Fsp3) is 0.148. The number of aromatic nitrogens is 1. The maximum Gasteiger partial charge on any atom is 0.255 e. The van der Waals surface area contributed by atoms with Gasteiger partial charge in [-0.05, 0) is 73.0 Å². The second-order valence-electron chi connectivity index (χ2n) is 7.93. The Morgan fingerprint density at radius 3 is 2.48 bits per heavy atom. The third kappa shape index (κ3) is 5.23. The number of hydrogen-bond donors (Lipinski definition) is 2. The highest BCUT2D eigenvalue weighted by atomic mass is 19.1. The highest BCUT2D eigenvalue weighted by Crippen LogP contribution is 2.23. The van der Waals surface area contributed by atoms with Crippen molar-refractivity contribution in [1.29, 1.82) is 0 Å². The van der Waals surface area contributed by atoms with E-state index in [0.29, 0.717) is 17.8 Å². The number of rotatable bonds is 6. The zero-order valence-electron chi connectivity index (χ0n) is 18.5. The second kappa shape index (κ2) is 9.61. The van der Waals surface area contributed by atoms with Gasteiger partial charge in [-0.2, -0.15) is 0 Å². The van der Waals surface area contributed by atoms with Gasteiger partial charge >= 0.3 is 0 Å². The molecule has 33 heavy (non-hydrogen) atoms. The van der Waals surface area contributed by atoms with Crippen LogP contribution in [0.25, 0.3) is 10.9 Å². The molecular weight excluding hydrogens is 417 g/mol. The van der Waals surface area contributed by atoms with Gasteiger partial charge in [-0.15, -0.1) is 0 Å². The van der Waals surface area contributed by atoms with Gasteiger partial charge in [-0.1, -0.05) is 30.3 Å². The number of fused-ring (bicyclic) bond motifs is 1. The Hall–Kier alpha value is -4.06. The van der Waals surface area contributed by atoms with Gasteiger partial charge in [0.25, 0.3) is 5.91 Å². The number of halogens is 1. The van der Waals surface area contributed by atoms with Crippen molar-refractivity contribution in [3.8, 4) is 0 Å². The monoisotopic (exact) mass is 441 g/mol. The van der Waals surface area contributed by atoms with E-state index in [1.165, 1.54) is 24.3 Å². The van der Waals surface area contributed by atoms with Crippen LogP contribution in [-0.4, -0.2) is 16.8 Å². The molecule has 1 heterocycles. The largest absolute Gasteiger partial charge is 0.352 e. The van der Waals surface area contributed by atoms with Crippen LogP contribution >= 0.6 is 0 Å². The quantitative estimate of drug-likeness (QED) is 0.437. The van der Waals surface area contributed by atoms with Crippen LogP contribution in [0.3, 0.4) is 0 Å². The molecule has 0 saturated heterocycles. The Bertz CT molecular complexity index is 1330. The van der Waals surface area contributed by atoms with E-state index in [1.54, 1.807) is 12.1 Å². The van der Waals surface area contributed by atoms with Crippen molar-refractivity contribution in [2.45, 2.75) is 26.8 Å². The highest BCUT2D eigenvalue weighted by Gasteiger charge is 2.13. The summed E-state index contributed by atoms with van der Waals surface area (Å²) in [7, 11) is 0. The molecule has 2 amide bonds. The van der Waals surface area contributed by atoms with Crippen molar-refractivity contribution >= 4 is 28.4 Å². The number of anilines is 1. The summed E-state index contributed by atoms with van der Waals surface area (Å²) in [6.45, 7) is 4.28. The Labute approximate surface area is 191 Å². The first-order valence-corrected chi connectivity index (χ1v) is 10.7. The number of hydrogen-bond acceptors (Lipinski definition) is 3. The molecule has 0 saturated carbocycles. The Kier molecular flexibility index (Phi) is 6.45. The topological polar surface area (TPSA) is 71.1 Å². The number of carbonyl (C=O) groups excluding carboxylic acids is 2. The van der Waals surface area contributed by atoms with Gasteiger partial charge in [0.05, 0.1) is 11.9 Å². The SMILES string of the molecule is Cc1nc2ccccc2c(C)c1CC(=O)NCc1cccc(NC(=O)c2ccc(F)cc2)c1. The van der Waals surface area contributed by atoms with Crippen LogP contribution in [-0.2, 0) is 17.8 Å². The Morgan fingerprint density at radius 1 is 0.939 bits per heavy atom. The van der Waals surface area contributed by atoms with Crippen LogP contribution in [0.2, 0.25) is 0 Å². The minimum Gasteiger partial charge on any atom is -0.352 e. The van der Waals surface area contributed by atoms with Crippen LogP contribution in [0.5, 0.6) is 0 Å². The second-order valence-corrected chi connectivity index (χ2v) is 7.93. The van der Waals surface area contributed by atoms with E-state index in [1.807, 2.05) is 50.2 Å². The molecule has 0 aliphatic rings. The molecule has 6 heteroatoms. The fourth-order valence-corrected chi connectivity index (χ4v) is 3.82. The molecule has 1 aromatic heterocycles. The number of aryl methyl sites for hydroxylation is 2. The van der Waals surface area contributed by atoms with Gasteiger partial charge in [0.2, 0.25) is 5.91 Å². The molecule has 0 fully saturated rings. The van der Waals surface area contributed by atoms with E-state index >= 15 is 0 Å². The van der Waals surface area contributed by atoms with Crippen LogP contribution in [0.4, 0.5) is 10.1 Å². The maximum atomic E-state index is 13.1. The third-order valence-corrected chi connectivity index (χ3v) is 5.60. The molecule has 4 rings (SSSR count). The molecule has 0 bridgehead atoms. The van der Waals surface area contributed by atoms with Crippen LogP contribution < -0.4 is 10.6 Å². The predicted octanol–water partition coefficient (Wildman–Crippen LogP) is 5.10. The summed E-state index contributed by atoms with van der Waals surface area (Å²) in [6.07, 6.45) is 0.247. The number of para-hydroxylation sites is 1. The summed E-state index contributed by atoms with van der Waals surface area (Å²) >= 11 is 0. The van der Waals surface area contributed by atoms with Crippen molar-refractivity contribution in [3.63, 3.8) is 0 Å². The third-order valence-electron chi connectivity index (χ3n) is 5.60. The lowest BCUT2D eigenvalue weighted by molar-refractivity contribution is -0.120. The molecule has 3 aromatic carbocycles. The molecule has 0 radical (unpaired) electrons. The van der Waals surface area contributed by atoms with Gasteiger partial charge in [0.1, 0.15) is 5.82 Å². The average Bonchev–Trinajstić information content (AvgIpc) is 2.81. The smallest absolute Gasteiger partial charge is 0.255 e. The van der Waals surface area contributed by atoms with E-state index in [-0.39, 0.29) is 18.2 Å². The molecule has 2 N–H and O–H groups in total. The van der Waals surface area contributed by atoms with E-state index in [9.17, 15) is 14.0 Å². The highest BCUT2D eigenvalue weighted by molar-refractivity contribution is 6.04. The summed E-state index contributed by atoms with van der Waals surface area (Å²) < 4.78 is 13.1. The minimum absolute atomic E-state index is 0.0981. The van der Waals surface area contributed by atoms with Gasteiger partial charge < -0.3 is 10.6 Å². The van der Waals surface area contributed by atoms with Gasteiger partial charge in [0, 0.05) is 28.9 Å². The van der Waals surface area contributed by atoms with E-state index < -0.39 is 5.82 Å². The Balaban J connectivity index is 1.39. The number of pyridine rings is 1. The van der Waals surface area contributed by atoms with E-state index in [4.69, 9.17) is 0 Å².